The number of ether oxygens (including phenoxy) is 2. The molecule has 1 aromatic heterocycles. The number of anilines is 1. The van der Waals surface area contributed by atoms with Crippen molar-refractivity contribution in [3.63, 3.8) is 0 Å². The predicted octanol–water partition coefficient (Wildman–Crippen LogP) is 0.459. The smallest absolute Gasteiger partial charge is 0.338 e. The minimum Gasteiger partial charge on any atom is -0.481 e. The number of hydrogen-bond acceptors (Lipinski definition) is 5. The number of aromatic nitrogens is 1. The highest BCUT2D eigenvalue weighted by Crippen LogP contribution is 2.14. The van der Waals surface area contributed by atoms with E-state index in [1.165, 1.54) is 26.4 Å². The van der Waals surface area contributed by atoms with Gasteiger partial charge in [0.25, 0.3) is 0 Å². The normalized spacial score (nSPS) is 9.38. The van der Waals surface area contributed by atoms with Crippen LogP contribution in [0.1, 0.15) is 10.4 Å². The fourth-order valence-electron chi connectivity index (χ4n) is 0.866. The largest absolute Gasteiger partial charge is 0.481 e. The zero-order valence-corrected chi connectivity index (χ0v) is 7.40. The van der Waals surface area contributed by atoms with E-state index in [9.17, 15) is 4.79 Å². The molecule has 0 unspecified atom stereocenters. The SMILES string of the molecule is COC(=O)c1cc(N)nc(OC)c1. The van der Waals surface area contributed by atoms with E-state index in [-0.39, 0.29) is 5.82 Å². The van der Waals surface area contributed by atoms with Gasteiger partial charge in [-0.25, -0.2) is 4.79 Å². The highest BCUT2D eigenvalue weighted by molar-refractivity contribution is 5.90. The third-order valence-corrected chi connectivity index (χ3v) is 1.45. The summed E-state index contributed by atoms with van der Waals surface area (Å²) in [7, 11) is 2.74. The molecule has 0 aliphatic heterocycles. The lowest BCUT2D eigenvalue weighted by Crippen LogP contribution is -2.04. The van der Waals surface area contributed by atoms with Gasteiger partial charge in [0.05, 0.1) is 19.8 Å². The second-order valence-electron chi connectivity index (χ2n) is 2.31. The van der Waals surface area contributed by atoms with Gasteiger partial charge in [0.15, 0.2) is 0 Å². The molecular formula is C8H10N2O3. The van der Waals surface area contributed by atoms with Crippen LogP contribution in [0.5, 0.6) is 5.88 Å². The van der Waals surface area contributed by atoms with Gasteiger partial charge in [0.1, 0.15) is 5.82 Å². The van der Waals surface area contributed by atoms with E-state index in [4.69, 9.17) is 10.5 Å². The highest BCUT2D eigenvalue weighted by atomic mass is 16.5. The van der Waals surface area contributed by atoms with Gasteiger partial charge in [-0.3, -0.25) is 0 Å². The third-order valence-electron chi connectivity index (χ3n) is 1.45. The lowest BCUT2D eigenvalue weighted by atomic mass is 10.2. The van der Waals surface area contributed by atoms with Crippen molar-refractivity contribution in [2.45, 2.75) is 0 Å². The van der Waals surface area contributed by atoms with Crippen LogP contribution in [0.2, 0.25) is 0 Å². The molecular weight excluding hydrogens is 172 g/mol. The van der Waals surface area contributed by atoms with Crippen LogP contribution in [0.4, 0.5) is 5.82 Å². The molecule has 1 rings (SSSR count). The zero-order chi connectivity index (χ0) is 9.84. The van der Waals surface area contributed by atoms with Crippen LogP contribution in [0, 0.1) is 0 Å². The first-order valence-corrected chi connectivity index (χ1v) is 3.57. The molecule has 0 fully saturated rings. The maximum Gasteiger partial charge on any atom is 0.338 e. The Balaban J connectivity index is 3.08. The number of hydrogen-bond donors (Lipinski definition) is 1. The molecule has 0 saturated heterocycles. The molecule has 5 nitrogen and oxygen atoms in total. The molecule has 13 heavy (non-hydrogen) atoms. The minimum atomic E-state index is -0.465. The fraction of sp³-hybridized carbons (Fsp3) is 0.250. The van der Waals surface area contributed by atoms with Gasteiger partial charge in [-0.1, -0.05) is 0 Å². The first kappa shape index (κ1) is 9.31. The molecule has 1 heterocycles. The Morgan fingerprint density at radius 3 is 2.69 bits per heavy atom. The number of esters is 1. The molecule has 0 atom stereocenters. The predicted molar refractivity (Wildman–Crippen MR) is 46.5 cm³/mol. The second-order valence-corrected chi connectivity index (χ2v) is 2.31. The highest BCUT2D eigenvalue weighted by Gasteiger charge is 2.08. The van der Waals surface area contributed by atoms with E-state index in [1.807, 2.05) is 0 Å². The third kappa shape index (κ3) is 2.08. The first-order valence-electron chi connectivity index (χ1n) is 3.57. The van der Waals surface area contributed by atoms with E-state index in [0.717, 1.165) is 0 Å². The Bertz CT molecular complexity index is 325. The van der Waals surface area contributed by atoms with Crippen LogP contribution >= 0.6 is 0 Å². The van der Waals surface area contributed by atoms with Crippen LogP contribution in [0.3, 0.4) is 0 Å². The average Bonchev–Trinajstić information content (AvgIpc) is 2.15. The van der Waals surface area contributed by atoms with Crippen molar-refractivity contribution in [2.24, 2.45) is 0 Å². The van der Waals surface area contributed by atoms with Crippen LogP contribution in [0.25, 0.3) is 0 Å². The molecule has 1 aromatic rings. The van der Waals surface area contributed by atoms with E-state index in [0.29, 0.717) is 11.4 Å². The molecule has 0 aliphatic rings. The van der Waals surface area contributed by atoms with E-state index < -0.39 is 5.97 Å². The van der Waals surface area contributed by atoms with Crippen LogP contribution in [0.15, 0.2) is 12.1 Å². The van der Waals surface area contributed by atoms with Gasteiger partial charge in [-0.15, -0.1) is 0 Å². The van der Waals surface area contributed by atoms with Gasteiger partial charge in [0, 0.05) is 6.07 Å². The number of nitrogen functional groups attached to an aromatic ring is 1. The first-order chi connectivity index (χ1) is 6.17. The average molecular weight is 182 g/mol. The minimum absolute atomic E-state index is 0.222. The van der Waals surface area contributed by atoms with Crippen LogP contribution in [-0.4, -0.2) is 25.2 Å². The summed E-state index contributed by atoms with van der Waals surface area (Å²) in [6.45, 7) is 0. The Morgan fingerprint density at radius 1 is 1.46 bits per heavy atom. The van der Waals surface area contributed by atoms with E-state index in [1.54, 1.807) is 0 Å². The summed E-state index contributed by atoms with van der Waals surface area (Å²) < 4.78 is 9.34. The Labute approximate surface area is 75.5 Å². The number of carbonyl (C=O) groups excluding carboxylic acids is 1. The van der Waals surface area contributed by atoms with Crippen molar-refractivity contribution in [3.05, 3.63) is 17.7 Å². The maximum atomic E-state index is 11.1. The summed E-state index contributed by atoms with van der Waals surface area (Å²) in [4.78, 5) is 14.9. The molecule has 2 N–H and O–H groups in total. The summed E-state index contributed by atoms with van der Waals surface area (Å²) >= 11 is 0. The van der Waals surface area contributed by atoms with Crippen molar-refractivity contribution >= 4 is 11.8 Å². The number of pyridine rings is 1. The monoisotopic (exact) mass is 182 g/mol. The van der Waals surface area contributed by atoms with E-state index >= 15 is 0 Å². The van der Waals surface area contributed by atoms with Gasteiger partial charge in [-0.2, -0.15) is 4.98 Å². The Morgan fingerprint density at radius 2 is 2.15 bits per heavy atom. The number of methoxy groups -OCH3 is 2. The van der Waals surface area contributed by atoms with Crippen LogP contribution in [-0.2, 0) is 4.74 Å². The van der Waals surface area contributed by atoms with Crippen LogP contribution < -0.4 is 10.5 Å². The maximum absolute atomic E-state index is 11.1. The van der Waals surface area contributed by atoms with Gasteiger partial charge >= 0.3 is 5.97 Å². The molecule has 5 heteroatoms. The van der Waals surface area contributed by atoms with E-state index in [2.05, 4.69) is 9.72 Å². The molecule has 0 radical (unpaired) electrons. The molecule has 0 aliphatic carbocycles. The summed E-state index contributed by atoms with van der Waals surface area (Å²) in [5.74, 6) is 0.0487. The lowest BCUT2D eigenvalue weighted by molar-refractivity contribution is 0.0600. The molecule has 0 amide bonds. The van der Waals surface area contributed by atoms with Crippen molar-refractivity contribution in [1.82, 2.24) is 4.98 Å². The van der Waals surface area contributed by atoms with Gasteiger partial charge in [0.2, 0.25) is 5.88 Å². The summed E-state index contributed by atoms with van der Waals surface area (Å²) in [5, 5.41) is 0. The van der Waals surface area contributed by atoms with Crippen molar-refractivity contribution < 1.29 is 14.3 Å². The topological polar surface area (TPSA) is 74.4 Å². The summed E-state index contributed by atoms with van der Waals surface area (Å²) in [6.07, 6.45) is 0. The molecule has 0 saturated carbocycles. The fourth-order valence-corrected chi connectivity index (χ4v) is 0.866. The van der Waals surface area contributed by atoms with Gasteiger partial charge in [-0.05, 0) is 6.07 Å². The molecule has 0 bridgehead atoms. The van der Waals surface area contributed by atoms with Crippen molar-refractivity contribution in [3.8, 4) is 5.88 Å². The molecule has 0 aromatic carbocycles. The zero-order valence-electron chi connectivity index (χ0n) is 7.40. The van der Waals surface area contributed by atoms with Gasteiger partial charge < -0.3 is 15.2 Å². The van der Waals surface area contributed by atoms with Crippen molar-refractivity contribution in [1.29, 1.82) is 0 Å². The lowest BCUT2D eigenvalue weighted by Gasteiger charge is -2.03. The molecule has 70 valence electrons. The Kier molecular flexibility index (Phi) is 2.69. The Hall–Kier alpha value is -1.78. The standard InChI is InChI=1S/C8H10N2O3/c1-12-7-4-5(8(11)13-2)3-6(9)10-7/h3-4H,1-2H3,(H2,9,10). The van der Waals surface area contributed by atoms with Crippen molar-refractivity contribution in [2.75, 3.05) is 20.0 Å². The summed E-state index contributed by atoms with van der Waals surface area (Å²) in [6, 6.07) is 2.89. The summed E-state index contributed by atoms with van der Waals surface area (Å²) in [5.41, 5.74) is 5.75. The number of nitrogens with zero attached hydrogens (tertiary/aromatic N) is 1. The second kappa shape index (κ2) is 3.75. The number of rotatable bonds is 2. The quantitative estimate of drug-likeness (QED) is 0.672. The number of nitrogens with two attached hydrogens (primary N) is 1. The number of carbonyl (C=O) groups is 1. The molecule has 0 spiro atoms.